The molecule has 0 amide bonds. The monoisotopic (exact) mass is 397 g/mol. The van der Waals surface area contributed by atoms with Crippen molar-refractivity contribution in [3.05, 3.63) is 40.5 Å². The number of fused-ring (bicyclic) bond motifs is 5. The van der Waals surface area contributed by atoms with E-state index in [1.54, 1.807) is 5.57 Å². The average molecular weight is 398 g/mol. The van der Waals surface area contributed by atoms with Gasteiger partial charge in [-0.2, -0.15) is 0 Å². The fourth-order valence-electron chi connectivity index (χ4n) is 6.79. The molecule has 3 aliphatic rings. The van der Waals surface area contributed by atoms with Crippen LogP contribution in [-0.4, -0.2) is 43.9 Å². The Bertz CT molecular complexity index is 783. The van der Waals surface area contributed by atoms with Crippen LogP contribution in [0.2, 0.25) is 0 Å². The Morgan fingerprint density at radius 2 is 2.07 bits per heavy atom. The Hall–Kier alpha value is -1.32. The SMILES string of the molecule is Cc1cc2c(cc1O)C[C@@H](C)C1C2CCC2(C)/C(=C/COCCN(C)C)CCC12. The van der Waals surface area contributed by atoms with Crippen LogP contribution in [0, 0.1) is 30.1 Å². The number of hydrogen-bond acceptors (Lipinski definition) is 3. The van der Waals surface area contributed by atoms with Crippen LogP contribution in [0.1, 0.15) is 62.1 Å². The van der Waals surface area contributed by atoms with E-state index in [4.69, 9.17) is 4.74 Å². The van der Waals surface area contributed by atoms with Crippen molar-refractivity contribution < 1.29 is 9.84 Å². The van der Waals surface area contributed by atoms with E-state index < -0.39 is 0 Å². The summed E-state index contributed by atoms with van der Waals surface area (Å²) >= 11 is 0. The van der Waals surface area contributed by atoms with Crippen molar-refractivity contribution in [1.29, 1.82) is 0 Å². The van der Waals surface area contributed by atoms with Crippen molar-refractivity contribution in [2.45, 2.75) is 58.8 Å². The van der Waals surface area contributed by atoms with Gasteiger partial charge in [-0.1, -0.05) is 31.6 Å². The van der Waals surface area contributed by atoms with E-state index in [2.05, 4.69) is 51.1 Å². The van der Waals surface area contributed by atoms with Gasteiger partial charge in [0, 0.05) is 6.54 Å². The van der Waals surface area contributed by atoms with Crippen molar-refractivity contribution in [3.63, 3.8) is 0 Å². The molecule has 2 saturated carbocycles. The van der Waals surface area contributed by atoms with Gasteiger partial charge in [-0.25, -0.2) is 0 Å². The second-order valence-corrected chi connectivity index (χ2v) is 10.4. The molecule has 3 nitrogen and oxygen atoms in total. The maximum absolute atomic E-state index is 10.2. The minimum atomic E-state index is 0.351. The second-order valence-electron chi connectivity index (χ2n) is 10.4. The molecular weight excluding hydrogens is 358 g/mol. The minimum Gasteiger partial charge on any atom is -0.508 e. The topological polar surface area (TPSA) is 32.7 Å². The molecule has 0 saturated heterocycles. The number of likely N-dealkylation sites (N-methyl/N-ethyl adjacent to an activating group) is 1. The minimum absolute atomic E-state index is 0.351. The quantitative estimate of drug-likeness (QED) is 0.540. The van der Waals surface area contributed by atoms with Gasteiger partial charge in [0.15, 0.2) is 0 Å². The van der Waals surface area contributed by atoms with Gasteiger partial charge in [-0.05, 0) is 105 Å². The number of aryl methyl sites for hydroxylation is 1. The summed E-state index contributed by atoms with van der Waals surface area (Å²) in [5.74, 6) is 3.38. The summed E-state index contributed by atoms with van der Waals surface area (Å²) in [5, 5.41) is 10.2. The van der Waals surface area contributed by atoms with E-state index in [1.165, 1.54) is 36.8 Å². The molecule has 4 rings (SSSR count). The van der Waals surface area contributed by atoms with Gasteiger partial charge in [-0.15, -0.1) is 0 Å². The van der Waals surface area contributed by atoms with Crippen LogP contribution in [-0.2, 0) is 11.2 Å². The molecule has 5 atom stereocenters. The van der Waals surface area contributed by atoms with E-state index >= 15 is 0 Å². The largest absolute Gasteiger partial charge is 0.508 e. The number of phenolic OH excluding ortho intramolecular Hbond substituents is 1. The van der Waals surface area contributed by atoms with Crippen LogP contribution in [0.5, 0.6) is 5.75 Å². The Balaban J connectivity index is 1.53. The maximum atomic E-state index is 10.2. The van der Waals surface area contributed by atoms with Crippen LogP contribution in [0.4, 0.5) is 0 Å². The van der Waals surface area contributed by atoms with E-state index in [1.807, 2.05) is 6.92 Å². The number of benzene rings is 1. The number of rotatable bonds is 5. The lowest BCUT2D eigenvalue weighted by Crippen LogP contribution is -2.43. The van der Waals surface area contributed by atoms with Crippen molar-refractivity contribution in [1.82, 2.24) is 4.90 Å². The summed E-state index contributed by atoms with van der Waals surface area (Å²) in [6.45, 7) is 9.59. The molecule has 0 heterocycles. The standard InChI is InChI=1S/C26H39NO2/c1-17-15-22-19(16-24(17)28)14-18(2)25-21(22)8-10-26(3)20(6-7-23(25)26)9-12-29-13-11-27(4)5/h9,15-16,18,21,23,25,28H,6-8,10-14H2,1-5H3/b20-9+/t18-,21?,23?,25?,26?/m1/s1. The first-order chi connectivity index (χ1) is 13.8. The molecule has 1 aromatic rings. The van der Waals surface area contributed by atoms with Gasteiger partial charge in [0.25, 0.3) is 0 Å². The number of allylic oxidation sites excluding steroid dienone is 1. The summed E-state index contributed by atoms with van der Waals surface area (Å²) in [4.78, 5) is 2.17. The molecule has 0 spiro atoms. The predicted octanol–water partition coefficient (Wildman–Crippen LogP) is 5.31. The first-order valence-corrected chi connectivity index (χ1v) is 11.6. The Morgan fingerprint density at radius 1 is 1.28 bits per heavy atom. The Morgan fingerprint density at radius 3 is 2.83 bits per heavy atom. The van der Waals surface area contributed by atoms with Crippen molar-refractivity contribution in [3.8, 4) is 5.75 Å². The molecule has 160 valence electrons. The molecule has 0 aliphatic heterocycles. The first kappa shape index (κ1) is 20.9. The lowest BCUT2D eigenvalue weighted by atomic mass is 9.52. The summed E-state index contributed by atoms with van der Waals surface area (Å²) in [6, 6.07) is 4.34. The molecule has 0 radical (unpaired) electrons. The zero-order valence-corrected chi connectivity index (χ0v) is 19.0. The van der Waals surface area contributed by atoms with Crippen LogP contribution in [0.15, 0.2) is 23.8 Å². The van der Waals surface area contributed by atoms with Crippen LogP contribution < -0.4 is 0 Å². The third kappa shape index (κ3) is 3.77. The zero-order chi connectivity index (χ0) is 20.8. The summed E-state index contributed by atoms with van der Waals surface area (Å²) in [7, 11) is 4.18. The third-order valence-electron chi connectivity index (χ3n) is 8.37. The Kier molecular flexibility index (Phi) is 5.83. The molecule has 3 aliphatic carbocycles. The smallest absolute Gasteiger partial charge is 0.118 e. The molecule has 0 aromatic heterocycles. The molecule has 4 unspecified atom stereocenters. The van der Waals surface area contributed by atoms with Crippen molar-refractivity contribution in [2.24, 2.45) is 23.2 Å². The van der Waals surface area contributed by atoms with Gasteiger partial charge in [0.1, 0.15) is 5.75 Å². The normalized spacial score (nSPS) is 34.9. The Labute approximate surface area is 177 Å². The molecule has 1 aromatic carbocycles. The highest BCUT2D eigenvalue weighted by molar-refractivity contribution is 5.45. The maximum Gasteiger partial charge on any atom is 0.118 e. The fourth-order valence-corrected chi connectivity index (χ4v) is 6.79. The number of hydrogen-bond donors (Lipinski definition) is 1. The molecule has 29 heavy (non-hydrogen) atoms. The second kappa shape index (κ2) is 8.07. The van der Waals surface area contributed by atoms with Gasteiger partial charge >= 0.3 is 0 Å². The number of nitrogens with zero attached hydrogens (tertiary/aromatic N) is 1. The predicted molar refractivity (Wildman–Crippen MR) is 119 cm³/mol. The highest BCUT2D eigenvalue weighted by Crippen LogP contribution is 2.64. The zero-order valence-electron chi connectivity index (χ0n) is 19.0. The van der Waals surface area contributed by atoms with Crippen molar-refractivity contribution >= 4 is 0 Å². The number of ether oxygens (including phenoxy) is 1. The van der Waals surface area contributed by atoms with Crippen LogP contribution in [0.25, 0.3) is 0 Å². The van der Waals surface area contributed by atoms with E-state index in [0.29, 0.717) is 23.0 Å². The molecule has 2 fully saturated rings. The van der Waals surface area contributed by atoms with E-state index in [9.17, 15) is 5.11 Å². The molecule has 3 heteroatoms. The summed E-state index contributed by atoms with van der Waals surface area (Å²) < 4.78 is 5.89. The van der Waals surface area contributed by atoms with Gasteiger partial charge < -0.3 is 14.7 Å². The van der Waals surface area contributed by atoms with Crippen LogP contribution in [0.3, 0.4) is 0 Å². The van der Waals surface area contributed by atoms with E-state index in [0.717, 1.165) is 43.6 Å². The van der Waals surface area contributed by atoms with Crippen LogP contribution >= 0.6 is 0 Å². The summed E-state index contributed by atoms with van der Waals surface area (Å²) in [6.07, 6.45) is 8.67. The summed E-state index contributed by atoms with van der Waals surface area (Å²) in [5.41, 5.74) is 5.98. The van der Waals surface area contributed by atoms with Gasteiger partial charge in [0.05, 0.1) is 13.2 Å². The lowest BCUT2D eigenvalue weighted by molar-refractivity contribution is 0.0483. The molecular formula is C26H39NO2. The number of aromatic hydroxyl groups is 1. The highest BCUT2D eigenvalue weighted by atomic mass is 16.5. The highest BCUT2D eigenvalue weighted by Gasteiger charge is 2.54. The van der Waals surface area contributed by atoms with E-state index in [-0.39, 0.29) is 0 Å². The molecule has 0 bridgehead atoms. The lowest BCUT2D eigenvalue weighted by Gasteiger charge is -2.52. The van der Waals surface area contributed by atoms with Gasteiger partial charge in [0.2, 0.25) is 0 Å². The first-order valence-electron chi connectivity index (χ1n) is 11.6. The van der Waals surface area contributed by atoms with Gasteiger partial charge in [-0.3, -0.25) is 0 Å². The fraction of sp³-hybridized carbons (Fsp3) is 0.692. The van der Waals surface area contributed by atoms with Crippen molar-refractivity contribution in [2.75, 3.05) is 33.9 Å². The third-order valence-corrected chi connectivity index (χ3v) is 8.37. The molecule has 1 N–H and O–H groups in total. The number of phenols is 1. The average Bonchev–Trinajstić information content (AvgIpc) is 2.99.